The van der Waals surface area contributed by atoms with Crippen LogP contribution in [0.4, 0.5) is 5.69 Å². The van der Waals surface area contributed by atoms with Crippen molar-refractivity contribution < 1.29 is 0 Å². The van der Waals surface area contributed by atoms with Crippen molar-refractivity contribution in [2.24, 2.45) is 0 Å². The zero-order valence-electron chi connectivity index (χ0n) is 13.2. The highest BCUT2D eigenvalue weighted by Gasteiger charge is 2.05. The van der Waals surface area contributed by atoms with Gasteiger partial charge in [-0.15, -0.1) is 0 Å². The summed E-state index contributed by atoms with van der Waals surface area (Å²) in [4.78, 5) is 15.1. The van der Waals surface area contributed by atoms with E-state index in [-0.39, 0.29) is 5.56 Å². The van der Waals surface area contributed by atoms with Crippen LogP contribution < -0.4 is 10.9 Å². The van der Waals surface area contributed by atoms with Crippen LogP contribution in [-0.4, -0.2) is 4.98 Å². The molecule has 2 N–H and O–H groups in total. The number of hydrogen-bond donors (Lipinski definition) is 2. The molecule has 2 aromatic carbocycles. The number of pyridine rings is 1. The van der Waals surface area contributed by atoms with Gasteiger partial charge in [-0.1, -0.05) is 23.8 Å². The molecule has 0 aliphatic heterocycles. The number of hydrogen-bond acceptors (Lipinski definition) is 2. The molecule has 0 radical (unpaired) electrons. The molecule has 1 heterocycles. The largest absolute Gasteiger partial charge is 0.381 e. The minimum atomic E-state index is -0.0332. The lowest BCUT2D eigenvalue weighted by Crippen LogP contribution is -2.16. The molecule has 0 saturated heterocycles. The topological polar surface area (TPSA) is 44.9 Å². The summed E-state index contributed by atoms with van der Waals surface area (Å²) in [5, 5.41) is 4.44. The minimum Gasteiger partial charge on any atom is -0.381 e. The third-order valence-corrected chi connectivity index (χ3v) is 4.15. The second kappa shape index (κ2) is 5.68. The molecule has 0 fully saturated rings. The minimum absolute atomic E-state index is 0.0332. The van der Waals surface area contributed by atoms with E-state index in [0.29, 0.717) is 6.54 Å². The lowest BCUT2D eigenvalue weighted by atomic mass is 10.1. The molecule has 112 valence electrons. The Morgan fingerprint density at radius 2 is 1.86 bits per heavy atom. The van der Waals surface area contributed by atoms with Crippen LogP contribution in [0.2, 0.25) is 0 Å². The van der Waals surface area contributed by atoms with Crippen LogP contribution in [0.1, 0.15) is 22.3 Å². The highest BCUT2D eigenvalue weighted by molar-refractivity contribution is 5.79. The highest BCUT2D eigenvalue weighted by atomic mass is 16.1. The van der Waals surface area contributed by atoms with Crippen molar-refractivity contribution in [3.63, 3.8) is 0 Å². The van der Waals surface area contributed by atoms with Gasteiger partial charge in [-0.25, -0.2) is 0 Å². The van der Waals surface area contributed by atoms with E-state index >= 15 is 0 Å². The number of nitrogens with one attached hydrogen (secondary N) is 2. The second-order valence-corrected chi connectivity index (χ2v) is 5.82. The number of rotatable bonds is 3. The first-order valence-corrected chi connectivity index (χ1v) is 7.47. The normalized spacial score (nSPS) is 10.9. The third-order valence-electron chi connectivity index (χ3n) is 4.15. The van der Waals surface area contributed by atoms with E-state index in [4.69, 9.17) is 0 Å². The van der Waals surface area contributed by atoms with Crippen LogP contribution in [0, 0.1) is 20.8 Å². The van der Waals surface area contributed by atoms with E-state index in [1.165, 1.54) is 16.7 Å². The van der Waals surface area contributed by atoms with Gasteiger partial charge >= 0.3 is 0 Å². The Bertz CT molecular complexity index is 894. The van der Waals surface area contributed by atoms with Gasteiger partial charge in [-0.05, 0) is 61.5 Å². The van der Waals surface area contributed by atoms with Crippen molar-refractivity contribution in [1.82, 2.24) is 4.98 Å². The molecule has 0 amide bonds. The van der Waals surface area contributed by atoms with Crippen molar-refractivity contribution in [1.29, 1.82) is 0 Å². The van der Waals surface area contributed by atoms with Gasteiger partial charge in [0.15, 0.2) is 0 Å². The van der Waals surface area contributed by atoms with Crippen LogP contribution in [0.5, 0.6) is 0 Å². The van der Waals surface area contributed by atoms with E-state index < -0.39 is 0 Å². The molecule has 3 aromatic rings. The summed E-state index contributed by atoms with van der Waals surface area (Å²) in [7, 11) is 0. The molecule has 3 nitrogen and oxygen atoms in total. The molecule has 0 aliphatic carbocycles. The summed E-state index contributed by atoms with van der Waals surface area (Å²) >= 11 is 0. The van der Waals surface area contributed by atoms with Gasteiger partial charge in [0.25, 0.3) is 5.56 Å². The second-order valence-electron chi connectivity index (χ2n) is 5.82. The van der Waals surface area contributed by atoms with Gasteiger partial charge in [0.2, 0.25) is 0 Å². The van der Waals surface area contributed by atoms with E-state index in [9.17, 15) is 4.79 Å². The molecule has 22 heavy (non-hydrogen) atoms. The number of aromatic amines is 1. The van der Waals surface area contributed by atoms with Gasteiger partial charge < -0.3 is 10.3 Å². The maximum absolute atomic E-state index is 12.2. The number of fused-ring (bicyclic) bond motifs is 1. The molecule has 3 heteroatoms. The molecule has 0 atom stereocenters. The van der Waals surface area contributed by atoms with Crippen molar-refractivity contribution >= 4 is 16.6 Å². The molecule has 3 rings (SSSR count). The smallest absolute Gasteiger partial charge is 0.253 e. The van der Waals surface area contributed by atoms with Crippen molar-refractivity contribution in [3.05, 3.63) is 75.1 Å². The first-order valence-electron chi connectivity index (χ1n) is 7.47. The Morgan fingerprint density at radius 3 is 2.68 bits per heavy atom. The molecular weight excluding hydrogens is 272 g/mol. The number of aryl methyl sites for hydroxylation is 2. The number of anilines is 1. The van der Waals surface area contributed by atoms with Crippen molar-refractivity contribution in [3.8, 4) is 0 Å². The van der Waals surface area contributed by atoms with Gasteiger partial charge in [-0.2, -0.15) is 0 Å². The van der Waals surface area contributed by atoms with Gasteiger partial charge in [0.05, 0.1) is 0 Å². The van der Waals surface area contributed by atoms with E-state index in [0.717, 1.165) is 22.2 Å². The molecule has 0 spiro atoms. The van der Waals surface area contributed by atoms with Crippen molar-refractivity contribution in [2.45, 2.75) is 27.3 Å². The summed E-state index contributed by atoms with van der Waals surface area (Å²) < 4.78 is 0. The van der Waals surface area contributed by atoms with E-state index in [1.54, 1.807) is 0 Å². The van der Waals surface area contributed by atoms with Gasteiger partial charge in [-0.3, -0.25) is 4.79 Å². The quantitative estimate of drug-likeness (QED) is 0.764. The average Bonchev–Trinajstić information content (AvgIpc) is 2.49. The van der Waals surface area contributed by atoms with Crippen LogP contribution >= 0.6 is 0 Å². The first kappa shape index (κ1) is 14.4. The van der Waals surface area contributed by atoms with Crippen LogP contribution in [-0.2, 0) is 6.54 Å². The summed E-state index contributed by atoms with van der Waals surface area (Å²) in [6.45, 7) is 6.75. The van der Waals surface area contributed by atoms with Crippen LogP contribution in [0.3, 0.4) is 0 Å². The zero-order chi connectivity index (χ0) is 15.7. The molecule has 0 saturated carbocycles. The molecule has 0 bridgehead atoms. The maximum atomic E-state index is 12.2. The van der Waals surface area contributed by atoms with E-state index in [1.807, 2.05) is 30.3 Å². The fourth-order valence-corrected chi connectivity index (χ4v) is 2.64. The van der Waals surface area contributed by atoms with Crippen molar-refractivity contribution in [2.75, 3.05) is 5.32 Å². The fraction of sp³-hybridized carbons (Fsp3) is 0.211. The fourth-order valence-electron chi connectivity index (χ4n) is 2.64. The zero-order valence-corrected chi connectivity index (χ0v) is 13.2. The first-order chi connectivity index (χ1) is 10.5. The summed E-state index contributed by atoms with van der Waals surface area (Å²) in [5.74, 6) is 0. The third kappa shape index (κ3) is 2.75. The number of aromatic nitrogens is 1. The highest BCUT2D eigenvalue weighted by Crippen LogP contribution is 2.19. The Balaban J connectivity index is 1.92. The molecule has 0 aliphatic rings. The molecular formula is C19H20N2O. The predicted molar refractivity (Wildman–Crippen MR) is 92.5 cm³/mol. The Hall–Kier alpha value is -2.55. The molecule has 1 aromatic heterocycles. The Labute approximate surface area is 130 Å². The summed E-state index contributed by atoms with van der Waals surface area (Å²) in [6.07, 6.45) is 0. The Morgan fingerprint density at radius 1 is 1.05 bits per heavy atom. The lowest BCUT2D eigenvalue weighted by Gasteiger charge is -2.11. The monoisotopic (exact) mass is 292 g/mol. The molecule has 0 unspecified atom stereocenters. The van der Waals surface area contributed by atoms with Crippen LogP contribution in [0.15, 0.2) is 47.3 Å². The van der Waals surface area contributed by atoms with Gasteiger partial charge in [0.1, 0.15) is 0 Å². The average molecular weight is 292 g/mol. The van der Waals surface area contributed by atoms with Crippen LogP contribution in [0.25, 0.3) is 10.9 Å². The number of benzene rings is 2. The van der Waals surface area contributed by atoms with E-state index in [2.05, 4.69) is 43.2 Å². The SMILES string of the molecule is Cc1ccc2[nH]c(=O)c(CNc3cccc(C)c3C)cc2c1. The number of H-pyrrole nitrogens is 1. The standard InChI is InChI=1S/C19H20N2O/c1-12-7-8-18-15(9-12)10-16(19(22)21-18)11-20-17-6-4-5-13(2)14(17)3/h4-10,20H,11H2,1-3H3,(H,21,22). The lowest BCUT2D eigenvalue weighted by molar-refractivity contribution is 1.08. The van der Waals surface area contributed by atoms with Gasteiger partial charge in [0, 0.05) is 23.3 Å². The summed E-state index contributed by atoms with van der Waals surface area (Å²) in [5.41, 5.74) is 6.32. The summed E-state index contributed by atoms with van der Waals surface area (Å²) in [6, 6.07) is 14.2. The Kier molecular flexibility index (Phi) is 3.72. The predicted octanol–water partition coefficient (Wildman–Crippen LogP) is 4.07. The maximum Gasteiger partial charge on any atom is 0.253 e.